The van der Waals surface area contributed by atoms with Gasteiger partial charge in [0.05, 0.1) is 27.8 Å². The van der Waals surface area contributed by atoms with E-state index in [4.69, 9.17) is 43.8 Å². The fourth-order valence-corrected chi connectivity index (χ4v) is 3.96. The molecule has 1 atom stereocenters. The second-order valence-electron chi connectivity index (χ2n) is 6.40. The third-order valence-electron chi connectivity index (χ3n) is 4.59. The molecule has 29 heavy (non-hydrogen) atoms. The number of hydrogen-bond acceptors (Lipinski definition) is 8. The Morgan fingerprint density at radius 1 is 1.24 bits per heavy atom. The molecule has 10 heteroatoms. The summed E-state index contributed by atoms with van der Waals surface area (Å²) in [6, 6.07) is 6.16. The number of aryl methyl sites for hydroxylation is 1. The Labute approximate surface area is 173 Å². The lowest BCUT2D eigenvalue weighted by Gasteiger charge is -2.29. The van der Waals surface area contributed by atoms with Crippen molar-refractivity contribution in [3.63, 3.8) is 0 Å². The van der Waals surface area contributed by atoms with E-state index in [1.165, 1.54) is 25.1 Å². The highest BCUT2D eigenvalue weighted by Crippen LogP contribution is 2.53. The van der Waals surface area contributed by atoms with Crippen molar-refractivity contribution in [2.45, 2.75) is 12.8 Å². The Balaban J connectivity index is 2.16. The third kappa shape index (κ3) is 2.83. The van der Waals surface area contributed by atoms with Gasteiger partial charge in [-0.05, 0) is 19.1 Å². The summed E-state index contributed by atoms with van der Waals surface area (Å²) in [5, 5.41) is 20.4. The summed E-state index contributed by atoms with van der Waals surface area (Å²) in [4.78, 5) is 16.8. The van der Waals surface area contributed by atoms with Gasteiger partial charge in [0.15, 0.2) is 5.75 Å². The number of anilines is 2. The van der Waals surface area contributed by atoms with Gasteiger partial charge < -0.3 is 25.7 Å². The second-order valence-corrected chi connectivity index (χ2v) is 7.24. The van der Waals surface area contributed by atoms with Crippen molar-refractivity contribution in [2.75, 3.05) is 11.5 Å². The molecule has 5 N–H and O–H groups in total. The van der Waals surface area contributed by atoms with E-state index in [1.807, 2.05) is 6.07 Å². The number of rotatable bonds is 1. The second kappa shape index (κ2) is 6.58. The molecule has 1 unspecified atom stereocenters. The normalized spacial score (nSPS) is 14.5. The first kappa shape index (κ1) is 18.9. The number of halogens is 2. The lowest BCUT2D eigenvalue weighted by molar-refractivity contribution is 0.408. The number of benzene rings is 1. The Hall–Kier alpha value is -3.41. The monoisotopic (exact) mass is 430 g/mol. The average Bonchev–Trinajstić information content (AvgIpc) is 2.61. The first-order valence-corrected chi connectivity index (χ1v) is 8.97. The van der Waals surface area contributed by atoms with Crippen LogP contribution in [0.5, 0.6) is 17.4 Å². The topological polar surface area (TPSA) is 148 Å². The number of nitrogens with two attached hydrogens (primary N) is 2. The summed E-state index contributed by atoms with van der Waals surface area (Å²) in [7, 11) is 0. The van der Waals surface area contributed by atoms with E-state index in [2.05, 4.69) is 4.98 Å². The Morgan fingerprint density at radius 3 is 2.62 bits per heavy atom. The summed E-state index contributed by atoms with van der Waals surface area (Å²) in [6.07, 6.45) is 0. The average molecular weight is 431 g/mol. The van der Waals surface area contributed by atoms with Crippen LogP contribution in [0.3, 0.4) is 0 Å². The van der Waals surface area contributed by atoms with Gasteiger partial charge >= 0.3 is 5.63 Å². The van der Waals surface area contributed by atoms with E-state index >= 15 is 0 Å². The number of nitrogen functional groups attached to an aromatic ring is 2. The van der Waals surface area contributed by atoms with E-state index in [0.29, 0.717) is 5.56 Å². The minimum atomic E-state index is -1.01. The summed E-state index contributed by atoms with van der Waals surface area (Å²) >= 11 is 12.5. The maximum absolute atomic E-state index is 12.7. The van der Waals surface area contributed by atoms with Crippen LogP contribution in [-0.4, -0.2) is 10.1 Å². The minimum Gasteiger partial charge on any atom is -0.507 e. The zero-order valence-corrected chi connectivity index (χ0v) is 16.3. The summed E-state index contributed by atoms with van der Waals surface area (Å²) in [5.41, 5.74) is 11.5. The molecular formula is C19H12Cl2N4O4. The molecule has 0 aliphatic carbocycles. The van der Waals surface area contributed by atoms with Crippen molar-refractivity contribution >= 4 is 34.7 Å². The smallest absolute Gasteiger partial charge is 0.343 e. The Kier molecular flexibility index (Phi) is 4.30. The van der Waals surface area contributed by atoms with Gasteiger partial charge in [-0.1, -0.05) is 23.2 Å². The third-order valence-corrected chi connectivity index (χ3v) is 5.09. The zero-order chi connectivity index (χ0) is 21.0. The number of nitrogens with zero attached hydrogens (tertiary/aromatic N) is 2. The molecule has 0 amide bonds. The molecule has 1 aromatic carbocycles. The number of aromatic hydroxyl groups is 1. The number of nitriles is 1. The van der Waals surface area contributed by atoms with E-state index < -0.39 is 11.5 Å². The molecule has 3 aromatic rings. The molecule has 0 radical (unpaired) electrons. The van der Waals surface area contributed by atoms with Crippen molar-refractivity contribution in [1.82, 2.24) is 4.98 Å². The lowest BCUT2D eigenvalue weighted by Crippen LogP contribution is -2.22. The van der Waals surface area contributed by atoms with E-state index in [0.717, 1.165) is 0 Å². The predicted molar refractivity (Wildman–Crippen MR) is 107 cm³/mol. The molecule has 0 spiro atoms. The van der Waals surface area contributed by atoms with Crippen LogP contribution in [0.1, 0.15) is 33.9 Å². The van der Waals surface area contributed by atoms with Gasteiger partial charge in [-0.15, -0.1) is 0 Å². The first-order chi connectivity index (χ1) is 13.7. The standard InChI is InChI=1S/C19H12Cl2N4O4/c1-6-2-11(26)13(19(27)28-6)12-8-3-7(20)4-10(21)16(8)29-18-14(12)15(23)9(5-22)17(24)25-18/h2-4,12,26H,1H3,(H4,23,24,25). The number of hydrogen-bond donors (Lipinski definition) is 3. The number of aromatic nitrogens is 1. The van der Waals surface area contributed by atoms with Crippen LogP contribution in [-0.2, 0) is 0 Å². The molecule has 0 bridgehead atoms. The highest BCUT2D eigenvalue weighted by atomic mass is 35.5. The predicted octanol–water partition coefficient (Wildman–Crippen LogP) is 3.68. The number of ether oxygens (including phenoxy) is 1. The highest BCUT2D eigenvalue weighted by Gasteiger charge is 2.38. The molecule has 146 valence electrons. The van der Waals surface area contributed by atoms with Crippen LogP contribution < -0.4 is 21.8 Å². The van der Waals surface area contributed by atoms with Gasteiger partial charge in [0.25, 0.3) is 0 Å². The maximum atomic E-state index is 12.7. The maximum Gasteiger partial charge on any atom is 0.343 e. The number of fused-ring (bicyclic) bond motifs is 2. The molecule has 1 aliphatic rings. The molecule has 2 aromatic heterocycles. The lowest BCUT2D eigenvalue weighted by atomic mass is 9.82. The molecule has 0 saturated heterocycles. The van der Waals surface area contributed by atoms with Crippen LogP contribution in [0.15, 0.2) is 27.4 Å². The molecule has 4 rings (SSSR count). The molecule has 8 nitrogen and oxygen atoms in total. The molecule has 3 heterocycles. The minimum absolute atomic E-state index is 0.0406. The van der Waals surface area contributed by atoms with Crippen molar-refractivity contribution in [3.8, 4) is 23.4 Å². The molecular weight excluding hydrogens is 419 g/mol. The summed E-state index contributed by atoms with van der Waals surface area (Å²) < 4.78 is 11.0. The fraction of sp³-hybridized carbons (Fsp3) is 0.105. The van der Waals surface area contributed by atoms with E-state index in [9.17, 15) is 15.2 Å². The molecule has 0 fully saturated rings. The van der Waals surface area contributed by atoms with Crippen LogP contribution in [0.25, 0.3) is 0 Å². The van der Waals surface area contributed by atoms with Gasteiger partial charge in [0, 0.05) is 16.7 Å². The van der Waals surface area contributed by atoms with Gasteiger partial charge in [-0.25, -0.2) is 4.79 Å². The van der Waals surface area contributed by atoms with Gasteiger partial charge in [0.2, 0.25) is 5.88 Å². The van der Waals surface area contributed by atoms with Gasteiger partial charge in [-0.3, -0.25) is 0 Å². The Morgan fingerprint density at radius 2 is 1.97 bits per heavy atom. The highest BCUT2D eigenvalue weighted by molar-refractivity contribution is 6.35. The number of pyridine rings is 1. The van der Waals surface area contributed by atoms with Crippen LogP contribution in [0.2, 0.25) is 10.0 Å². The van der Waals surface area contributed by atoms with Crippen molar-refractivity contribution in [2.24, 2.45) is 0 Å². The summed E-state index contributed by atoms with van der Waals surface area (Å²) in [5.74, 6) is -1.13. The van der Waals surface area contributed by atoms with Crippen molar-refractivity contribution in [3.05, 3.63) is 66.7 Å². The fourth-order valence-electron chi connectivity index (χ4n) is 3.41. The van der Waals surface area contributed by atoms with Crippen molar-refractivity contribution in [1.29, 1.82) is 5.26 Å². The van der Waals surface area contributed by atoms with E-state index in [1.54, 1.807) is 0 Å². The van der Waals surface area contributed by atoms with Crippen LogP contribution in [0, 0.1) is 18.3 Å². The quantitative estimate of drug-likeness (QED) is 0.413. The van der Waals surface area contributed by atoms with Crippen LogP contribution >= 0.6 is 23.2 Å². The van der Waals surface area contributed by atoms with Gasteiger partial charge in [0.1, 0.15) is 29.0 Å². The van der Waals surface area contributed by atoms with E-state index in [-0.39, 0.29) is 61.4 Å². The van der Waals surface area contributed by atoms with Gasteiger partial charge in [-0.2, -0.15) is 10.2 Å². The molecule has 0 saturated carbocycles. The van der Waals surface area contributed by atoms with Crippen molar-refractivity contribution < 1.29 is 14.3 Å². The zero-order valence-electron chi connectivity index (χ0n) is 14.8. The SMILES string of the molecule is Cc1cc(O)c(C2c3cc(Cl)cc(Cl)c3Oc3nc(N)c(C#N)c(N)c32)c(=O)o1. The Bertz CT molecular complexity index is 1300. The summed E-state index contributed by atoms with van der Waals surface area (Å²) in [6.45, 7) is 1.52. The largest absolute Gasteiger partial charge is 0.507 e. The molecule has 1 aliphatic heterocycles. The first-order valence-electron chi connectivity index (χ1n) is 8.22. The van der Waals surface area contributed by atoms with Crippen LogP contribution in [0.4, 0.5) is 11.5 Å².